The van der Waals surface area contributed by atoms with E-state index in [0.717, 1.165) is 28.0 Å². The Morgan fingerprint density at radius 1 is 1.38 bits per heavy atom. The summed E-state index contributed by atoms with van der Waals surface area (Å²) in [6.45, 7) is 2.70. The topological polar surface area (TPSA) is 76.5 Å². The van der Waals surface area contributed by atoms with Gasteiger partial charge < -0.3 is 4.74 Å². The number of aromatic nitrogens is 2. The van der Waals surface area contributed by atoms with Gasteiger partial charge in [0.05, 0.1) is 24.5 Å². The summed E-state index contributed by atoms with van der Waals surface area (Å²) in [5, 5.41) is 12.0. The predicted molar refractivity (Wildman–Crippen MR) is 102 cm³/mol. The average molecular weight is 381 g/mol. The van der Waals surface area contributed by atoms with Gasteiger partial charge in [-0.3, -0.25) is 15.1 Å². The summed E-state index contributed by atoms with van der Waals surface area (Å²) in [6.07, 6.45) is 0. The van der Waals surface area contributed by atoms with E-state index in [9.17, 15) is 4.79 Å². The fraction of sp³-hybridized carbons (Fsp3) is 0.333. The molecule has 6 nitrogen and oxygen atoms in total. The molecule has 1 N–H and O–H groups in total. The van der Waals surface area contributed by atoms with Gasteiger partial charge in [0.1, 0.15) is 10.1 Å². The first-order valence-electron chi connectivity index (χ1n) is 7.29. The quantitative estimate of drug-likeness (QED) is 0.857. The van der Waals surface area contributed by atoms with Crippen molar-refractivity contribution in [3.63, 3.8) is 0 Å². The number of para-hydroxylation sites is 1. The van der Waals surface area contributed by atoms with E-state index in [1.165, 1.54) is 23.1 Å². The van der Waals surface area contributed by atoms with E-state index in [0.29, 0.717) is 10.1 Å². The van der Waals surface area contributed by atoms with Crippen LogP contribution in [-0.4, -0.2) is 45.1 Å². The summed E-state index contributed by atoms with van der Waals surface area (Å²) >= 11 is 4.50. The van der Waals surface area contributed by atoms with Crippen LogP contribution < -0.4 is 10.1 Å². The number of carbonyl (C=O) groups excluding carboxylic acids is 1. The third kappa shape index (κ3) is 4.08. The van der Waals surface area contributed by atoms with Crippen molar-refractivity contribution in [2.75, 3.05) is 24.7 Å². The van der Waals surface area contributed by atoms with Crippen LogP contribution in [0.15, 0.2) is 29.3 Å². The number of thioether (sulfide) groups is 2. The maximum Gasteiger partial charge on any atom is 0.239 e. The van der Waals surface area contributed by atoms with Gasteiger partial charge in [-0.1, -0.05) is 47.0 Å². The maximum absolute atomic E-state index is 12.3. The first kappa shape index (κ1) is 17.2. The molecule has 1 aromatic carbocycles. The van der Waals surface area contributed by atoms with Crippen LogP contribution in [0.4, 0.5) is 5.13 Å². The number of ether oxygens (including phenoxy) is 1. The number of nitrogens with zero attached hydrogens (tertiary/aromatic N) is 3. The van der Waals surface area contributed by atoms with Crippen LogP contribution in [0.3, 0.4) is 0 Å². The third-order valence-corrected chi connectivity index (χ3v) is 6.37. The molecule has 1 atom stereocenters. The molecule has 0 saturated heterocycles. The van der Waals surface area contributed by atoms with Gasteiger partial charge in [0.25, 0.3) is 0 Å². The largest absolute Gasteiger partial charge is 0.496 e. The van der Waals surface area contributed by atoms with E-state index in [2.05, 4.69) is 20.5 Å². The van der Waals surface area contributed by atoms with Crippen LogP contribution in [0.25, 0.3) is 10.6 Å². The van der Waals surface area contributed by atoms with E-state index in [1.54, 1.807) is 18.9 Å². The zero-order valence-electron chi connectivity index (χ0n) is 13.2. The molecule has 24 heavy (non-hydrogen) atoms. The van der Waals surface area contributed by atoms with Crippen molar-refractivity contribution in [3.8, 4) is 16.3 Å². The fourth-order valence-corrected chi connectivity index (χ4v) is 4.91. The van der Waals surface area contributed by atoms with E-state index < -0.39 is 0 Å². The van der Waals surface area contributed by atoms with E-state index in [1.807, 2.05) is 31.2 Å². The van der Waals surface area contributed by atoms with E-state index in [-0.39, 0.29) is 11.2 Å². The number of anilines is 1. The van der Waals surface area contributed by atoms with Crippen LogP contribution in [0.1, 0.15) is 6.92 Å². The van der Waals surface area contributed by atoms with Crippen LogP contribution >= 0.6 is 34.9 Å². The monoisotopic (exact) mass is 380 g/mol. The molecular weight excluding hydrogens is 364 g/mol. The van der Waals surface area contributed by atoms with Crippen LogP contribution in [0.5, 0.6) is 5.75 Å². The molecule has 0 radical (unpaired) electrons. The number of carbonyl (C=O) groups is 1. The molecule has 1 amide bonds. The summed E-state index contributed by atoms with van der Waals surface area (Å²) < 4.78 is 6.31. The summed E-state index contributed by atoms with van der Waals surface area (Å²) in [5.41, 5.74) is 0.858. The van der Waals surface area contributed by atoms with Gasteiger partial charge in [-0.2, -0.15) is 0 Å². The number of amides is 1. The molecule has 0 fully saturated rings. The lowest BCUT2D eigenvalue weighted by atomic mass is 10.2. The number of aliphatic imine (C=N–C) groups is 1. The Balaban J connectivity index is 1.66. The molecule has 0 aliphatic carbocycles. The van der Waals surface area contributed by atoms with Gasteiger partial charge in [0, 0.05) is 5.75 Å². The molecule has 1 aliphatic heterocycles. The highest BCUT2D eigenvalue weighted by atomic mass is 32.2. The number of nitrogens with one attached hydrogen (secondary N) is 1. The van der Waals surface area contributed by atoms with Gasteiger partial charge in [0.2, 0.25) is 11.0 Å². The molecule has 1 aliphatic rings. The molecule has 9 heteroatoms. The maximum atomic E-state index is 12.3. The second kappa shape index (κ2) is 8.00. The van der Waals surface area contributed by atoms with E-state index in [4.69, 9.17) is 4.74 Å². The van der Waals surface area contributed by atoms with Gasteiger partial charge in [-0.15, -0.1) is 10.2 Å². The minimum absolute atomic E-state index is 0.0991. The van der Waals surface area contributed by atoms with Crippen LogP contribution in [0, 0.1) is 0 Å². The molecule has 3 rings (SSSR count). The Labute approximate surface area is 152 Å². The van der Waals surface area contributed by atoms with Crippen molar-refractivity contribution >= 4 is 50.3 Å². The average Bonchev–Trinajstić information content (AvgIpc) is 3.26. The fourth-order valence-electron chi connectivity index (χ4n) is 2.00. The summed E-state index contributed by atoms with van der Waals surface area (Å²) in [7, 11) is 1.62. The molecule has 0 saturated carbocycles. The molecule has 0 spiro atoms. The Morgan fingerprint density at radius 2 is 2.21 bits per heavy atom. The van der Waals surface area contributed by atoms with Crippen LogP contribution in [-0.2, 0) is 4.79 Å². The molecule has 126 valence electrons. The molecule has 2 aromatic rings. The number of rotatable bonds is 5. The number of benzene rings is 1. The first-order chi connectivity index (χ1) is 11.7. The van der Waals surface area contributed by atoms with Gasteiger partial charge in [-0.25, -0.2) is 0 Å². The normalized spacial score (nSPS) is 15.0. The van der Waals surface area contributed by atoms with E-state index >= 15 is 0 Å². The smallest absolute Gasteiger partial charge is 0.239 e. The lowest BCUT2D eigenvalue weighted by Gasteiger charge is -2.09. The molecule has 0 bridgehead atoms. The van der Waals surface area contributed by atoms with Crippen molar-refractivity contribution < 1.29 is 9.53 Å². The molecule has 2 heterocycles. The Morgan fingerprint density at radius 3 is 2.96 bits per heavy atom. The minimum Gasteiger partial charge on any atom is -0.496 e. The molecule has 0 unspecified atom stereocenters. The van der Waals surface area contributed by atoms with Gasteiger partial charge in [0.15, 0.2) is 5.01 Å². The predicted octanol–water partition coefficient (Wildman–Crippen LogP) is 3.38. The molecule has 1 aromatic heterocycles. The van der Waals surface area contributed by atoms with Crippen LogP contribution in [0.2, 0.25) is 0 Å². The van der Waals surface area contributed by atoms with Crippen molar-refractivity contribution in [2.24, 2.45) is 4.99 Å². The lowest BCUT2D eigenvalue weighted by Crippen LogP contribution is -2.23. The van der Waals surface area contributed by atoms with Gasteiger partial charge >= 0.3 is 0 Å². The number of methoxy groups -OCH3 is 1. The zero-order chi connectivity index (χ0) is 16.9. The van der Waals surface area contributed by atoms with Crippen molar-refractivity contribution in [2.45, 2.75) is 12.2 Å². The standard InChI is InChI=1S/C15H16N4O2S3/c1-9(23-15-16-7-8-22-15)12(20)17-14-19-18-13(24-14)10-5-3-4-6-11(10)21-2/h3-6,9H,7-8H2,1-2H3,(H,17,19,20)/t9-/m0/s1. The highest BCUT2D eigenvalue weighted by Crippen LogP contribution is 2.33. The second-order valence-electron chi connectivity index (χ2n) is 4.86. The Bertz CT molecular complexity index is 763. The summed E-state index contributed by atoms with van der Waals surface area (Å²) in [6, 6.07) is 7.59. The molecular formula is C15H16N4O2S3. The van der Waals surface area contributed by atoms with Crippen molar-refractivity contribution in [1.29, 1.82) is 0 Å². The third-order valence-electron chi connectivity index (χ3n) is 3.20. The second-order valence-corrected chi connectivity index (χ2v) is 8.51. The number of hydrogen-bond acceptors (Lipinski definition) is 8. The first-order valence-corrected chi connectivity index (χ1v) is 9.97. The lowest BCUT2D eigenvalue weighted by molar-refractivity contribution is -0.115. The number of hydrogen-bond donors (Lipinski definition) is 1. The summed E-state index contributed by atoms with van der Waals surface area (Å²) in [4.78, 5) is 16.6. The highest BCUT2D eigenvalue weighted by molar-refractivity contribution is 8.39. The minimum atomic E-state index is -0.229. The van der Waals surface area contributed by atoms with Crippen molar-refractivity contribution in [1.82, 2.24) is 10.2 Å². The highest BCUT2D eigenvalue weighted by Gasteiger charge is 2.20. The van der Waals surface area contributed by atoms with Crippen molar-refractivity contribution in [3.05, 3.63) is 24.3 Å². The van der Waals surface area contributed by atoms with Gasteiger partial charge in [-0.05, 0) is 19.1 Å². The Kier molecular flexibility index (Phi) is 5.75. The Hall–Kier alpha value is -1.58. The zero-order valence-corrected chi connectivity index (χ0v) is 15.6. The SMILES string of the molecule is COc1ccccc1-c1nnc(NC(=O)[C@H](C)SC2=NCCS2)s1. The summed E-state index contributed by atoms with van der Waals surface area (Å²) in [5.74, 6) is 1.62.